The zero-order valence-corrected chi connectivity index (χ0v) is 39.9. The Kier molecular flexibility index (Phi) is 981. The molecule has 0 aromatic rings. The Hall–Kier alpha value is 13.4. The molecular formula is Ni7Y9. The Morgan fingerprint density at radius 1 is 0.125 bits per heavy atom. The van der Waals surface area contributed by atoms with Gasteiger partial charge < -0.3 is 0 Å². The molecule has 0 aliphatic rings. The summed E-state index contributed by atoms with van der Waals surface area (Å²) in [5.74, 6) is 0. The molecule has 0 aromatic heterocycles. The SMILES string of the molecule is [Ni].[Ni].[Ni].[Ni].[Ni].[Ni].[Ni].[Y].[Y].[Y].[Y].[Y].[Y].[Y].[Y].[Y]. The summed E-state index contributed by atoms with van der Waals surface area (Å²) in [6.45, 7) is 0. The van der Waals surface area contributed by atoms with E-state index in [0.29, 0.717) is 0 Å². The molecule has 0 saturated heterocycles. The van der Waals surface area contributed by atoms with Crippen molar-refractivity contribution in [3.05, 3.63) is 0 Å². The van der Waals surface area contributed by atoms with Crippen LogP contribution in [-0.4, -0.2) is 0 Å². The maximum atomic E-state index is 0. The Morgan fingerprint density at radius 2 is 0.125 bits per heavy atom. The van der Waals surface area contributed by atoms with Crippen LogP contribution in [0.1, 0.15) is 0 Å². The molecule has 0 fully saturated rings. The molecule has 0 atom stereocenters. The molecule has 16 heteroatoms. The normalized spacial score (nSPS) is 0. The Balaban J connectivity index is 0. The maximum absolute atomic E-state index is 0. The van der Waals surface area contributed by atoms with Crippen LogP contribution in [0.2, 0.25) is 0 Å². The first kappa shape index (κ1) is 132. The molecule has 0 bridgehead atoms. The molecule has 0 nitrogen and oxygen atoms in total. The molecule has 0 aromatic carbocycles. The number of hydrogen-bond donors (Lipinski definition) is 0. The minimum atomic E-state index is 0. The van der Waals surface area contributed by atoms with E-state index in [9.17, 15) is 0 Å². The van der Waals surface area contributed by atoms with Gasteiger partial charge in [-0.2, -0.15) is 0 Å². The van der Waals surface area contributed by atoms with Crippen molar-refractivity contribution in [2.45, 2.75) is 0 Å². The minimum absolute atomic E-state index is 0. The summed E-state index contributed by atoms with van der Waals surface area (Å²) in [7, 11) is 0. The summed E-state index contributed by atoms with van der Waals surface area (Å²) >= 11 is 0. The number of hydrogen-bond acceptors (Lipinski definition) is 0. The first-order valence-electron chi connectivity index (χ1n) is 0. The van der Waals surface area contributed by atoms with E-state index in [0.717, 1.165) is 0 Å². The molecule has 0 unspecified atom stereocenters. The van der Waals surface area contributed by atoms with Crippen LogP contribution in [0.15, 0.2) is 0 Å². The third-order valence-corrected chi connectivity index (χ3v) is 0. The maximum Gasteiger partial charge on any atom is 0 e. The smallest absolute Gasteiger partial charge is 0 e. The second-order valence-corrected chi connectivity index (χ2v) is 0. The van der Waals surface area contributed by atoms with Gasteiger partial charge in [0.15, 0.2) is 0 Å². The van der Waals surface area contributed by atoms with Gasteiger partial charge in [0, 0.05) is 410 Å². The van der Waals surface area contributed by atoms with E-state index in [1.54, 1.807) is 0 Å². The van der Waals surface area contributed by atoms with Gasteiger partial charge in [-0.15, -0.1) is 0 Å². The summed E-state index contributed by atoms with van der Waals surface area (Å²) in [6.07, 6.45) is 0. The molecule has 0 aliphatic heterocycles. The quantitative estimate of drug-likeness (QED) is 0.300. The van der Waals surface area contributed by atoms with Gasteiger partial charge in [-0.3, -0.25) is 0 Å². The van der Waals surface area contributed by atoms with Gasteiger partial charge in [0.25, 0.3) is 0 Å². The minimum Gasteiger partial charge on any atom is 0 e. The van der Waals surface area contributed by atoms with Crippen LogP contribution in [0.4, 0.5) is 0 Å². The van der Waals surface area contributed by atoms with E-state index in [1.807, 2.05) is 0 Å². The van der Waals surface area contributed by atoms with Crippen molar-refractivity contribution in [1.29, 1.82) is 0 Å². The van der Waals surface area contributed by atoms with Crippen LogP contribution in [0, 0.1) is 0 Å². The second kappa shape index (κ2) is 119. The van der Waals surface area contributed by atoms with E-state index in [2.05, 4.69) is 0 Å². The summed E-state index contributed by atoms with van der Waals surface area (Å²) in [4.78, 5) is 0. The van der Waals surface area contributed by atoms with Crippen molar-refractivity contribution in [2.75, 3.05) is 0 Å². The van der Waals surface area contributed by atoms with E-state index in [1.165, 1.54) is 0 Å². The summed E-state index contributed by atoms with van der Waals surface area (Å²) in [5, 5.41) is 0. The molecule has 0 saturated carbocycles. The zero-order valence-electron chi connectivity index (χ0n) is 7.41. The van der Waals surface area contributed by atoms with Crippen LogP contribution in [0.5, 0.6) is 0 Å². The molecule has 0 rings (SSSR count). The topological polar surface area (TPSA) is 0 Å². The largest absolute Gasteiger partial charge is 0 e. The number of rotatable bonds is 0. The monoisotopic (exact) mass is 1210 g/mol. The van der Waals surface area contributed by atoms with Crippen molar-refractivity contribution >= 4 is 0 Å². The van der Waals surface area contributed by atoms with Crippen molar-refractivity contribution in [3.8, 4) is 0 Å². The van der Waals surface area contributed by atoms with Crippen LogP contribution < -0.4 is 0 Å². The van der Waals surface area contributed by atoms with E-state index >= 15 is 0 Å². The van der Waals surface area contributed by atoms with E-state index in [-0.39, 0.29) is 410 Å². The van der Waals surface area contributed by atoms with Gasteiger partial charge >= 0.3 is 0 Å². The fourth-order valence-electron chi connectivity index (χ4n) is 0. The predicted octanol–water partition coefficient (Wildman–Crippen LogP) is -0.0400. The predicted molar refractivity (Wildman–Crippen MR) is 0 cm³/mol. The first-order chi connectivity index (χ1) is 0. The average molecular weight is 1210 g/mol. The van der Waals surface area contributed by atoms with Crippen LogP contribution in [-0.2, 0) is 410 Å². The van der Waals surface area contributed by atoms with Crippen molar-refractivity contribution in [1.82, 2.24) is 0 Å². The molecule has 0 aliphatic carbocycles. The van der Waals surface area contributed by atoms with E-state index < -0.39 is 0 Å². The van der Waals surface area contributed by atoms with Gasteiger partial charge in [-0.1, -0.05) is 0 Å². The molecule has 9 radical (unpaired) electrons. The fraction of sp³-hybridized carbons (Fsp3) is 0. The third-order valence-electron chi connectivity index (χ3n) is 0. The molecular weight excluding hydrogens is 1210 g/mol. The first-order valence-corrected chi connectivity index (χ1v) is 0. The van der Waals surface area contributed by atoms with Gasteiger partial charge in [-0.25, -0.2) is 0 Å². The molecule has 0 heterocycles. The Bertz CT molecular complexity index is 15.8. The molecule has 97 valence electrons. The zero-order chi connectivity index (χ0) is 0. The van der Waals surface area contributed by atoms with Gasteiger partial charge in [0.05, 0.1) is 0 Å². The summed E-state index contributed by atoms with van der Waals surface area (Å²) in [6, 6.07) is 0. The van der Waals surface area contributed by atoms with Crippen molar-refractivity contribution in [2.24, 2.45) is 0 Å². The summed E-state index contributed by atoms with van der Waals surface area (Å²) in [5.41, 5.74) is 0. The average Bonchev–Trinajstić information content (AvgIpc) is 0. The van der Waals surface area contributed by atoms with Gasteiger partial charge in [0.1, 0.15) is 0 Å². The molecule has 0 amide bonds. The molecule has 0 N–H and O–H groups in total. The molecule has 0 spiro atoms. The van der Waals surface area contributed by atoms with Gasteiger partial charge in [-0.05, 0) is 0 Å². The summed E-state index contributed by atoms with van der Waals surface area (Å²) < 4.78 is 0. The van der Waals surface area contributed by atoms with E-state index in [4.69, 9.17) is 0 Å². The van der Waals surface area contributed by atoms with Crippen LogP contribution >= 0.6 is 0 Å². The van der Waals surface area contributed by atoms with Crippen LogP contribution in [0.3, 0.4) is 0 Å². The second-order valence-electron chi connectivity index (χ2n) is 0. The van der Waals surface area contributed by atoms with Crippen LogP contribution in [0.25, 0.3) is 0 Å². The van der Waals surface area contributed by atoms with Gasteiger partial charge in [0.2, 0.25) is 0 Å². The van der Waals surface area contributed by atoms with Crippen molar-refractivity contribution < 1.29 is 410 Å². The third kappa shape index (κ3) is 106. The van der Waals surface area contributed by atoms with Crippen molar-refractivity contribution in [3.63, 3.8) is 0 Å². The molecule has 16 heavy (non-hydrogen) atoms. The fourth-order valence-corrected chi connectivity index (χ4v) is 0. The Morgan fingerprint density at radius 3 is 0.125 bits per heavy atom. The standard InChI is InChI=1S/7Ni.9Y. The Labute approximate surface area is 396 Å².